The van der Waals surface area contributed by atoms with E-state index in [-0.39, 0.29) is 0 Å². The van der Waals surface area contributed by atoms with E-state index in [1.807, 2.05) is 12.1 Å². The summed E-state index contributed by atoms with van der Waals surface area (Å²) >= 11 is 0. The standard InChI is InChI=1S/C13H20O/c1-10(13(2,3)4)11-6-8-12(14-5)9-7-11/h6-10H,1-5H3. The van der Waals surface area contributed by atoms with Gasteiger partial charge in [0.05, 0.1) is 7.11 Å². The highest BCUT2D eigenvalue weighted by molar-refractivity contribution is 5.29. The van der Waals surface area contributed by atoms with Gasteiger partial charge in [0.2, 0.25) is 0 Å². The first-order valence-electron chi connectivity index (χ1n) is 5.09. The Bertz CT molecular complexity index is 279. The first-order valence-corrected chi connectivity index (χ1v) is 5.09. The third kappa shape index (κ3) is 2.50. The third-order valence-corrected chi connectivity index (χ3v) is 2.91. The van der Waals surface area contributed by atoms with Gasteiger partial charge in [0.15, 0.2) is 0 Å². The number of rotatable bonds is 2. The van der Waals surface area contributed by atoms with Crippen molar-refractivity contribution in [1.82, 2.24) is 0 Å². The van der Waals surface area contributed by atoms with Crippen LogP contribution in [0.5, 0.6) is 5.75 Å². The Morgan fingerprint density at radius 3 is 1.93 bits per heavy atom. The summed E-state index contributed by atoms with van der Waals surface area (Å²) in [5.41, 5.74) is 1.69. The molecule has 0 fully saturated rings. The molecule has 0 aromatic heterocycles. The molecule has 0 N–H and O–H groups in total. The van der Waals surface area contributed by atoms with Crippen molar-refractivity contribution in [1.29, 1.82) is 0 Å². The van der Waals surface area contributed by atoms with Crippen molar-refractivity contribution in [3.05, 3.63) is 29.8 Å². The fourth-order valence-electron chi connectivity index (χ4n) is 1.39. The first kappa shape index (κ1) is 11.1. The molecular weight excluding hydrogens is 172 g/mol. The second kappa shape index (κ2) is 4.04. The Kier molecular flexibility index (Phi) is 3.20. The molecule has 0 radical (unpaired) electrons. The molecule has 0 saturated carbocycles. The van der Waals surface area contributed by atoms with Crippen molar-refractivity contribution >= 4 is 0 Å². The highest BCUT2D eigenvalue weighted by atomic mass is 16.5. The van der Waals surface area contributed by atoms with Crippen molar-refractivity contribution in [2.45, 2.75) is 33.6 Å². The summed E-state index contributed by atoms with van der Waals surface area (Å²) < 4.78 is 5.13. The van der Waals surface area contributed by atoms with Crippen molar-refractivity contribution in [3.8, 4) is 5.75 Å². The molecule has 0 amide bonds. The molecule has 14 heavy (non-hydrogen) atoms. The summed E-state index contributed by atoms with van der Waals surface area (Å²) in [7, 11) is 1.70. The van der Waals surface area contributed by atoms with Crippen LogP contribution in [0.1, 0.15) is 39.2 Å². The Labute approximate surface area is 87.1 Å². The lowest BCUT2D eigenvalue weighted by molar-refractivity contribution is 0.339. The van der Waals surface area contributed by atoms with Crippen molar-refractivity contribution in [2.75, 3.05) is 7.11 Å². The van der Waals surface area contributed by atoms with E-state index in [1.165, 1.54) is 5.56 Å². The van der Waals surface area contributed by atoms with E-state index in [0.29, 0.717) is 11.3 Å². The average Bonchev–Trinajstić information content (AvgIpc) is 2.15. The van der Waals surface area contributed by atoms with Gasteiger partial charge in [-0.3, -0.25) is 0 Å². The minimum atomic E-state index is 0.314. The van der Waals surface area contributed by atoms with Crippen molar-refractivity contribution in [3.63, 3.8) is 0 Å². The Hall–Kier alpha value is -0.980. The van der Waals surface area contributed by atoms with Gasteiger partial charge >= 0.3 is 0 Å². The quantitative estimate of drug-likeness (QED) is 0.691. The number of hydrogen-bond acceptors (Lipinski definition) is 1. The zero-order chi connectivity index (χ0) is 10.8. The van der Waals surface area contributed by atoms with E-state index in [0.717, 1.165) is 5.75 Å². The normalized spacial score (nSPS) is 13.8. The van der Waals surface area contributed by atoms with E-state index >= 15 is 0 Å². The highest BCUT2D eigenvalue weighted by Gasteiger charge is 2.21. The fraction of sp³-hybridized carbons (Fsp3) is 0.538. The smallest absolute Gasteiger partial charge is 0.118 e. The third-order valence-electron chi connectivity index (χ3n) is 2.91. The average molecular weight is 192 g/mol. The highest BCUT2D eigenvalue weighted by Crippen LogP contribution is 2.34. The molecule has 1 unspecified atom stereocenters. The lowest BCUT2D eigenvalue weighted by Gasteiger charge is -2.27. The van der Waals surface area contributed by atoms with Crippen LogP contribution in [0.4, 0.5) is 0 Å². The van der Waals surface area contributed by atoms with Crippen molar-refractivity contribution in [2.24, 2.45) is 5.41 Å². The molecule has 0 heterocycles. The van der Waals surface area contributed by atoms with Gasteiger partial charge in [0, 0.05) is 0 Å². The van der Waals surface area contributed by atoms with Crippen LogP contribution in [0, 0.1) is 5.41 Å². The molecule has 0 saturated heterocycles. The summed E-state index contributed by atoms with van der Waals surface area (Å²) in [5, 5.41) is 0. The molecule has 0 aliphatic rings. The van der Waals surface area contributed by atoms with Crippen LogP contribution in [-0.4, -0.2) is 7.11 Å². The van der Waals surface area contributed by atoms with Gasteiger partial charge < -0.3 is 4.74 Å². The molecular formula is C13H20O. The summed E-state index contributed by atoms with van der Waals surface area (Å²) in [6, 6.07) is 8.35. The van der Waals surface area contributed by atoms with Crippen LogP contribution >= 0.6 is 0 Å². The molecule has 1 heteroatoms. The van der Waals surface area contributed by atoms with Gasteiger partial charge in [-0.1, -0.05) is 39.8 Å². The number of hydrogen-bond donors (Lipinski definition) is 0. The van der Waals surface area contributed by atoms with Gasteiger partial charge in [0.25, 0.3) is 0 Å². The first-order chi connectivity index (χ1) is 6.45. The van der Waals surface area contributed by atoms with Crippen LogP contribution in [0.25, 0.3) is 0 Å². The predicted molar refractivity (Wildman–Crippen MR) is 60.9 cm³/mol. The van der Waals surface area contributed by atoms with Crippen LogP contribution < -0.4 is 4.74 Å². The number of methoxy groups -OCH3 is 1. The van der Waals surface area contributed by atoms with E-state index in [4.69, 9.17) is 4.74 Å². The molecule has 0 bridgehead atoms. The molecule has 0 spiro atoms. The zero-order valence-corrected chi connectivity index (χ0v) is 9.79. The Morgan fingerprint density at radius 1 is 1.07 bits per heavy atom. The maximum atomic E-state index is 5.13. The second-order valence-corrected chi connectivity index (χ2v) is 4.86. The van der Waals surface area contributed by atoms with E-state index < -0.39 is 0 Å². The van der Waals surface area contributed by atoms with Gasteiger partial charge in [-0.2, -0.15) is 0 Å². The maximum Gasteiger partial charge on any atom is 0.118 e. The molecule has 1 aromatic rings. The largest absolute Gasteiger partial charge is 0.497 e. The van der Waals surface area contributed by atoms with Crippen molar-refractivity contribution < 1.29 is 4.74 Å². The topological polar surface area (TPSA) is 9.23 Å². The lowest BCUT2D eigenvalue weighted by Crippen LogP contribution is -2.15. The molecule has 1 aromatic carbocycles. The Balaban J connectivity index is 2.87. The number of ether oxygens (including phenoxy) is 1. The second-order valence-electron chi connectivity index (χ2n) is 4.86. The summed E-state index contributed by atoms with van der Waals surface area (Å²) in [4.78, 5) is 0. The summed E-state index contributed by atoms with van der Waals surface area (Å²) in [5.74, 6) is 1.49. The van der Waals surface area contributed by atoms with Crippen LogP contribution in [0.15, 0.2) is 24.3 Å². The van der Waals surface area contributed by atoms with E-state index in [1.54, 1.807) is 7.11 Å². The molecule has 1 nitrogen and oxygen atoms in total. The maximum absolute atomic E-state index is 5.13. The van der Waals surface area contributed by atoms with Gasteiger partial charge in [-0.15, -0.1) is 0 Å². The molecule has 0 aliphatic heterocycles. The molecule has 1 atom stereocenters. The van der Waals surface area contributed by atoms with E-state index in [9.17, 15) is 0 Å². The number of benzene rings is 1. The SMILES string of the molecule is COc1ccc(C(C)C(C)(C)C)cc1. The van der Waals surface area contributed by atoms with Crippen LogP contribution in [0.2, 0.25) is 0 Å². The summed E-state index contributed by atoms with van der Waals surface area (Å²) in [6.07, 6.45) is 0. The zero-order valence-electron chi connectivity index (χ0n) is 9.79. The predicted octanol–water partition coefficient (Wildman–Crippen LogP) is 3.84. The molecule has 1 rings (SSSR count). The molecule has 0 aliphatic carbocycles. The van der Waals surface area contributed by atoms with Crippen LogP contribution in [0.3, 0.4) is 0 Å². The van der Waals surface area contributed by atoms with Gasteiger partial charge in [-0.25, -0.2) is 0 Å². The molecule has 78 valence electrons. The van der Waals surface area contributed by atoms with Crippen LogP contribution in [-0.2, 0) is 0 Å². The van der Waals surface area contributed by atoms with Gasteiger partial charge in [0.1, 0.15) is 5.75 Å². The lowest BCUT2D eigenvalue weighted by atomic mass is 9.78. The van der Waals surface area contributed by atoms with Gasteiger partial charge in [-0.05, 0) is 29.0 Å². The minimum absolute atomic E-state index is 0.314. The monoisotopic (exact) mass is 192 g/mol. The fourth-order valence-corrected chi connectivity index (χ4v) is 1.39. The van der Waals surface area contributed by atoms with E-state index in [2.05, 4.69) is 39.8 Å². The summed E-state index contributed by atoms with van der Waals surface area (Å²) in [6.45, 7) is 9.06. The minimum Gasteiger partial charge on any atom is -0.497 e. The Morgan fingerprint density at radius 2 is 1.57 bits per heavy atom.